The third kappa shape index (κ3) is 5.00. The molecule has 0 saturated heterocycles. The fraction of sp³-hybridized carbons (Fsp3) is 0.179. The Kier molecular flexibility index (Phi) is 7.06. The zero-order valence-electron chi connectivity index (χ0n) is 19.7. The van der Waals surface area contributed by atoms with Crippen molar-refractivity contribution in [3.63, 3.8) is 0 Å². The molecule has 0 aliphatic carbocycles. The number of halogens is 2. The highest BCUT2D eigenvalue weighted by Gasteiger charge is 2.22. The van der Waals surface area contributed by atoms with E-state index in [1.54, 1.807) is 48.5 Å². The predicted molar refractivity (Wildman–Crippen MR) is 134 cm³/mol. The zero-order chi connectivity index (χ0) is 24.9. The van der Waals surface area contributed by atoms with E-state index in [1.165, 1.54) is 24.3 Å². The minimum Gasteiger partial charge on any atom is -0.382 e. The summed E-state index contributed by atoms with van der Waals surface area (Å²) in [4.78, 5) is 9.09. The van der Waals surface area contributed by atoms with Gasteiger partial charge in [-0.2, -0.15) is 5.10 Å². The van der Waals surface area contributed by atoms with Gasteiger partial charge < -0.3 is 9.47 Å². The van der Waals surface area contributed by atoms with Crippen LogP contribution in [0.3, 0.4) is 0 Å². The molecule has 0 aliphatic heterocycles. The summed E-state index contributed by atoms with van der Waals surface area (Å²) < 4.78 is 40.0. The van der Waals surface area contributed by atoms with Crippen molar-refractivity contribution in [3.8, 4) is 33.5 Å². The maximum atomic E-state index is 13.9. The molecule has 0 amide bonds. The number of methoxy groups -OCH3 is 1. The molecule has 0 radical (unpaired) electrons. The van der Waals surface area contributed by atoms with E-state index in [0.29, 0.717) is 37.7 Å². The van der Waals surface area contributed by atoms with Gasteiger partial charge in [-0.05, 0) is 59.7 Å². The van der Waals surface area contributed by atoms with Gasteiger partial charge in [0.25, 0.3) is 0 Å². The molecule has 0 aliphatic rings. The third-order valence-corrected chi connectivity index (χ3v) is 5.83. The predicted octanol–water partition coefficient (Wildman–Crippen LogP) is 5.77. The second-order valence-electron chi connectivity index (χ2n) is 8.19. The van der Waals surface area contributed by atoms with Crippen molar-refractivity contribution in [2.24, 2.45) is 0 Å². The Labute approximate surface area is 207 Å². The smallest absolute Gasteiger partial charge is 0.182 e. The molecule has 3 heterocycles. The van der Waals surface area contributed by atoms with E-state index >= 15 is 0 Å². The standard InChI is InChI=1S/C28H24F2N4O2/c1-35-16-17-36-15-14-34-18-24-25(19-2-6-22(29)7-3-19)26(20-10-12-31-13-11-20)27(32-28(24)33-34)21-4-8-23(30)9-5-21/h2-13,18H,14-17H2,1H3. The molecule has 0 bridgehead atoms. The first kappa shape index (κ1) is 23.7. The van der Waals surface area contributed by atoms with Crippen molar-refractivity contribution in [1.29, 1.82) is 0 Å². The molecule has 6 nitrogen and oxygen atoms in total. The maximum absolute atomic E-state index is 13.9. The second kappa shape index (κ2) is 10.7. The van der Waals surface area contributed by atoms with E-state index in [1.807, 2.05) is 18.3 Å². The van der Waals surface area contributed by atoms with Crippen molar-refractivity contribution in [3.05, 3.63) is 90.9 Å². The lowest BCUT2D eigenvalue weighted by Crippen LogP contribution is -2.09. The van der Waals surface area contributed by atoms with Gasteiger partial charge in [-0.1, -0.05) is 12.1 Å². The second-order valence-corrected chi connectivity index (χ2v) is 8.19. The summed E-state index contributed by atoms with van der Waals surface area (Å²) in [5.74, 6) is -0.654. The topological polar surface area (TPSA) is 62.1 Å². The highest BCUT2D eigenvalue weighted by Crippen LogP contribution is 2.42. The number of aromatic nitrogens is 4. The van der Waals surface area contributed by atoms with Crippen LogP contribution in [0.25, 0.3) is 44.5 Å². The van der Waals surface area contributed by atoms with Gasteiger partial charge in [0.2, 0.25) is 0 Å². The van der Waals surface area contributed by atoms with Gasteiger partial charge in [-0.25, -0.2) is 13.8 Å². The number of benzene rings is 2. The summed E-state index contributed by atoms with van der Waals surface area (Å²) in [5, 5.41) is 5.52. The highest BCUT2D eigenvalue weighted by atomic mass is 19.1. The number of pyridine rings is 2. The van der Waals surface area contributed by atoms with Gasteiger partial charge in [0.05, 0.1) is 32.1 Å². The lowest BCUT2D eigenvalue weighted by Gasteiger charge is -2.16. The summed E-state index contributed by atoms with van der Waals surface area (Å²) in [6, 6.07) is 16.4. The van der Waals surface area contributed by atoms with E-state index in [4.69, 9.17) is 19.6 Å². The van der Waals surface area contributed by atoms with Gasteiger partial charge in [0.1, 0.15) is 11.6 Å². The SMILES string of the molecule is COCCOCCn1cc2c(-c3ccc(F)cc3)c(-c3ccncc3)c(-c3ccc(F)cc3)nc2n1. The largest absolute Gasteiger partial charge is 0.382 e. The van der Waals surface area contributed by atoms with Crippen molar-refractivity contribution in [2.75, 3.05) is 26.9 Å². The molecule has 2 aromatic carbocycles. The maximum Gasteiger partial charge on any atom is 0.182 e. The van der Waals surface area contributed by atoms with Gasteiger partial charge in [-0.3, -0.25) is 9.67 Å². The van der Waals surface area contributed by atoms with Gasteiger partial charge in [0.15, 0.2) is 5.65 Å². The average molecular weight is 487 g/mol. The van der Waals surface area contributed by atoms with Crippen LogP contribution >= 0.6 is 0 Å². The van der Waals surface area contributed by atoms with E-state index < -0.39 is 0 Å². The number of hydrogen-bond acceptors (Lipinski definition) is 5. The fourth-order valence-corrected chi connectivity index (χ4v) is 4.13. The molecule has 3 aromatic heterocycles. The molecule has 5 aromatic rings. The van der Waals surface area contributed by atoms with Crippen molar-refractivity contribution in [1.82, 2.24) is 19.7 Å². The molecule has 36 heavy (non-hydrogen) atoms. The van der Waals surface area contributed by atoms with Gasteiger partial charge in [-0.15, -0.1) is 0 Å². The molecular formula is C28H24F2N4O2. The quantitative estimate of drug-likeness (QED) is 0.248. The molecular weight excluding hydrogens is 462 g/mol. The fourth-order valence-electron chi connectivity index (χ4n) is 4.13. The lowest BCUT2D eigenvalue weighted by molar-refractivity contribution is 0.0655. The van der Waals surface area contributed by atoms with Gasteiger partial charge >= 0.3 is 0 Å². The van der Waals surface area contributed by atoms with Crippen molar-refractivity contribution < 1.29 is 18.3 Å². The zero-order valence-corrected chi connectivity index (χ0v) is 19.7. The van der Waals surface area contributed by atoms with Crippen molar-refractivity contribution in [2.45, 2.75) is 6.54 Å². The molecule has 8 heteroatoms. The Balaban J connectivity index is 1.73. The summed E-state index contributed by atoms with van der Waals surface area (Å²) in [7, 11) is 1.63. The summed E-state index contributed by atoms with van der Waals surface area (Å²) in [6.07, 6.45) is 5.35. The minimum absolute atomic E-state index is 0.322. The Morgan fingerprint density at radius 1 is 0.750 bits per heavy atom. The normalized spacial score (nSPS) is 11.3. The van der Waals surface area contributed by atoms with Crippen LogP contribution in [0.2, 0.25) is 0 Å². The van der Waals surface area contributed by atoms with Crippen LogP contribution in [-0.2, 0) is 16.0 Å². The lowest BCUT2D eigenvalue weighted by atomic mass is 9.90. The van der Waals surface area contributed by atoms with Crippen molar-refractivity contribution >= 4 is 11.0 Å². The summed E-state index contributed by atoms with van der Waals surface area (Å²) in [6.45, 7) is 2.01. The Morgan fingerprint density at radius 2 is 1.39 bits per heavy atom. The van der Waals surface area contributed by atoms with E-state index in [-0.39, 0.29) is 11.6 Å². The number of rotatable bonds is 9. The molecule has 5 rings (SSSR count). The number of fused-ring (bicyclic) bond motifs is 1. The summed E-state index contributed by atoms with van der Waals surface area (Å²) in [5.41, 5.74) is 5.31. The monoisotopic (exact) mass is 486 g/mol. The minimum atomic E-state index is -0.332. The first-order chi connectivity index (χ1) is 17.6. The number of hydrogen-bond donors (Lipinski definition) is 0. The summed E-state index contributed by atoms with van der Waals surface area (Å²) >= 11 is 0. The number of nitrogens with zero attached hydrogens (tertiary/aromatic N) is 4. The Hall–Kier alpha value is -4.01. The average Bonchev–Trinajstić information content (AvgIpc) is 3.31. The van der Waals surface area contributed by atoms with E-state index in [2.05, 4.69) is 4.98 Å². The number of ether oxygens (including phenoxy) is 2. The van der Waals surface area contributed by atoms with Crippen LogP contribution in [0.1, 0.15) is 0 Å². The first-order valence-electron chi connectivity index (χ1n) is 11.5. The molecule has 182 valence electrons. The highest BCUT2D eigenvalue weighted by molar-refractivity contribution is 6.05. The molecule has 0 atom stereocenters. The van der Waals surface area contributed by atoms with Crippen LogP contribution in [0.4, 0.5) is 8.78 Å². The Morgan fingerprint density at radius 3 is 2.06 bits per heavy atom. The molecule has 0 saturated carbocycles. The van der Waals surface area contributed by atoms with Crippen LogP contribution in [-0.4, -0.2) is 46.7 Å². The van der Waals surface area contributed by atoms with Crippen LogP contribution in [0, 0.1) is 11.6 Å². The molecule has 0 fully saturated rings. The Bertz CT molecular complexity index is 1450. The first-order valence-corrected chi connectivity index (χ1v) is 11.5. The molecule has 0 unspecified atom stereocenters. The van der Waals surface area contributed by atoms with Gasteiger partial charge in [0, 0.05) is 47.8 Å². The molecule has 0 spiro atoms. The van der Waals surface area contributed by atoms with E-state index in [9.17, 15) is 8.78 Å². The van der Waals surface area contributed by atoms with Crippen LogP contribution in [0.5, 0.6) is 0 Å². The van der Waals surface area contributed by atoms with Crippen LogP contribution in [0.15, 0.2) is 79.3 Å². The third-order valence-electron chi connectivity index (χ3n) is 5.83. The molecule has 0 N–H and O–H groups in total. The van der Waals surface area contributed by atoms with Crippen LogP contribution < -0.4 is 0 Å². The van der Waals surface area contributed by atoms with E-state index in [0.717, 1.165) is 33.2 Å².